The molecule has 0 saturated carbocycles. The van der Waals surface area contributed by atoms with E-state index >= 15 is 0 Å². The summed E-state index contributed by atoms with van der Waals surface area (Å²) in [4.78, 5) is 12.9. The van der Waals surface area contributed by atoms with Gasteiger partial charge in [0.2, 0.25) is 15.9 Å². The third kappa shape index (κ3) is 6.25. The Morgan fingerprint density at radius 2 is 1.52 bits per heavy atom. The Balaban J connectivity index is 2.19. The van der Waals surface area contributed by atoms with Crippen molar-refractivity contribution in [3.8, 4) is 17.2 Å². The fourth-order valence-corrected chi connectivity index (χ4v) is 4.33. The molecule has 0 aliphatic carbocycles. The summed E-state index contributed by atoms with van der Waals surface area (Å²) in [6.45, 7) is 3.62. The summed E-state index contributed by atoms with van der Waals surface area (Å²) in [5.74, 6) is 0.709. The summed E-state index contributed by atoms with van der Waals surface area (Å²) < 4.78 is 43.8. The number of benzene rings is 2. The summed E-state index contributed by atoms with van der Waals surface area (Å²) in [7, 11) is 0.611. The molecular formula is C21H27ClN2O6S. The van der Waals surface area contributed by atoms with E-state index in [1.807, 2.05) is 0 Å². The molecule has 8 nitrogen and oxygen atoms in total. The first-order valence-corrected chi connectivity index (χ1v) is 11.3. The van der Waals surface area contributed by atoms with Crippen LogP contribution in [0.5, 0.6) is 17.2 Å². The monoisotopic (exact) mass is 470 g/mol. The van der Waals surface area contributed by atoms with Crippen LogP contribution >= 0.6 is 11.6 Å². The second kappa shape index (κ2) is 10.7. The predicted molar refractivity (Wildman–Crippen MR) is 118 cm³/mol. The molecule has 2 aromatic rings. The number of carbonyl (C=O) groups is 1. The van der Waals surface area contributed by atoms with Crippen LogP contribution in [0.3, 0.4) is 0 Å². The molecule has 0 aliphatic heterocycles. The van der Waals surface area contributed by atoms with Crippen LogP contribution in [0.2, 0.25) is 5.02 Å². The zero-order valence-corrected chi connectivity index (χ0v) is 19.6. The van der Waals surface area contributed by atoms with Gasteiger partial charge in [0.25, 0.3) is 0 Å². The van der Waals surface area contributed by atoms with Crippen molar-refractivity contribution < 1.29 is 27.4 Å². The number of hydrogen-bond acceptors (Lipinski definition) is 6. The predicted octanol–water partition coefficient (Wildman–Crippen LogP) is 2.99. The number of halogens is 1. The van der Waals surface area contributed by atoms with Gasteiger partial charge in [-0.15, -0.1) is 0 Å². The van der Waals surface area contributed by atoms with Crippen molar-refractivity contribution >= 4 is 27.5 Å². The molecule has 0 unspecified atom stereocenters. The topological polar surface area (TPSA) is 103 Å². The van der Waals surface area contributed by atoms with E-state index in [1.54, 1.807) is 26.0 Å². The van der Waals surface area contributed by atoms with Crippen molar-refractivity contribution in [2.24, 2.45) is 5.92 Å². The number of carbonyl (C=O) groups excluding carboxylic acids is 1. The Kier molecular flexibility index (Phi) is 8.55. The summed E-state index contributed by atoms with van der Waals surface area (Å²) >= 11 is 5.83. The van der Waals surface area contributed by atoms with Crippen LogP contribution in [-0.4, -0.2) is 41.7 Å². The lowest BCUT2D eigenvalue weighted by molar-refractivity contribution is -0.123. The van der Waals surface area contributed by atoms with Gasteiger partial charge in [-0.2, -0.15) is 4.72 Å². The zero-order chi connectivity index (χ0) is 23.2. The third-order valence-corrected chi connectivity index (χ3v) is 6.30. The summed E-state index contributed by atoms with van der Waals surface area (Å²) in [5, 5.41) is 3.18. The fourth-order valence-electron chi connectivity index (χ4n) is 2.86. The number of hydrogen-bond donors (Lipinski definition) is 2. The van der Waals surface area contributed by atoms with Gasteiger partial charge >= 0.3 is 0 Å². The maximum atomic E-state index is 12.8. The Hall–Kier alpha value is -2.49. The highest BCUT2D eigenvalue weighted by atomic mass is 35.5. The average Bonchev–Trinajstić information content (AvgIpc) is 2.75. The van der Waals surface area contributed by atoms with Crippen LogP contribution in [0.4, 0.5) is 0 Å². The van der Waals surface area contributed by atoms with Crippen LogP contribution < -0.4 is 24.2 Å². The molecule has 0 heterocycles. The largest absolute Gasteiger partial charge is 0.496 e. The van der Waals surface area contributed by atoms with Crippen LogP contribution in [0, 0.1) is 5.92 Å². The lowest BCUT2D eigenvalue weighted by Gasteiger charge is -2.22. The Morgan fingerprint density at radius 3 is 2.03 bits per heavy atom. The van der Waals surface area contributed by atoms with E-state index in [9.17, 15) is 13.2 Å². The van der Waals surface area contributed by atoms with Crippen LogP contribution in [0.25, 0.3) is 0 Å². The highest BCUT2D eigenvalue weighted by Gasteiger charge is 2.28. The molecule has 0 bridgehead atoms. The van der Waals surface area contributed by atoms with E-state index in [2.05, 4.69) is 10.0 Å². The van der Waals surface area contributed by atoms with E-state index < -0.39 is 22.0 Å². The van der Waals surface area contributed by atoms with Gasteiger partial charge in [-0.1, -0.05) is 25.4 Å². The number of sulfonamides is 1. The molecule has 10 heteroatoms. The molecule has 1 atom stereocenters. The highest BCUT2D eigenvalue weighted by Crippen LogP contribution is 2.34. The number of ether oxygens (including phenoxy) is 3. The molecule has 2 aromatic carbocycles. The molecular weight excluding hydrogens is 444 g/mol. The maximum Gasteiger partial charge on any atom is 0.241 e. The first kappa shape index (κ1) is 24.8. The number of rotatable bonds is 10. The van der Waals surface area contributed by atoms with Crippen molar-refractivity contribution in [1.82, 2.24) is 10.0 Å². The van der Waals surface area contributed by atoms with E-state index in [-0.39, 0.29) is 17.4 Å². The zero-order valence-electron chi connectivity index (χ0n) is 18.1. The van der Waals surface area contributed by atoms with Crippen molar-refractivity contribution in [3.05, 3.63) is 47.0 Å². The quantitative estimate of drug-likeness (QED) is 0.553. The normalized spacial score (nSPS) is 12.4. The summed E-state index contributed by atoms with van der Waals surface area (Å²) in [6.07, 6.45) is 0. The molecule has 1 amide bonds. The van der Waals surface area contributed by atoms with E-state index in [4.69, 9.17) is 25.8 Å². The van der Waals surface area contributed by atoms with Crippen molar-refractivity contribution in [3.63, 3.8) is 0 Å². The Bertz CT molecular complexity index is 1010. The van der Waals surface area contributed by atoms with E-state index in [0.717, 1.165) is 0 Å². The average molecular weight is 471 g/mol. The van der Waals surface area contributed by atoms with Crippen LogP contribution in [0.1, 0.15) is 19.4 Å². The molecule has 0 aliphatic rings. The summed E-state index contributed by atoms with van der Waals surface area (Å²) in [5.41, 5.74) is 0.650. The lowest BCUT2D eigenvalue weighted by Crippen LogP contribution is -2.49. The number of amides is 1. The van der Waals surface area contributed by atoms with Crippen molar-refractivity contribution in [2.45, 2.75) is 31.3 Å². The lowest BCUT2D eigenvalue weighted by atomic mass is 10.0. The Labute approximate surface area is 187 Å². The molecule has 0 saturated heterocycles. The minimum absolute atomic E-state index is 0.0249. The van der Waals surface area contributed by atoms with Crippen LogP contribution in [-0.2, 0) is 21.4 Å². The first-order chi connectivity index (χ1) is 14.6. The van der Waals surface area contributed by atoms with Gasteiger partial charge in [-0.25, -0.2) is 8.42 Å². The van der Waals surface area contributed by atoms with Gasteiger partial charge in [0.15, 0.2) is 11.5 Å². The molecule has 0 aromatic heterocycles. The highest BCUT2D eigenvalue weighted by molar-refractivity contribution is 7.89. The standard InChI is InChI=1S/C21H27ClN2O6S/c1-13(2)20(24-31(26,27)16-8-6-15(22)7-9-16)21(25)23-12-14-10-18(29-4)19(30-5)11-17(14)28-3/h6-11,13,20,24H,12H2,1-5H3,(H,23,25)/t20-/m0/s1. The molecule has 0 fully saturated rings. The second-order valence-electron chi connectivity index (χ2n) is 7.03. The van der Waals surface area contributed by atoms with Gasteiger partial charge in [0.1, 0.15) is 11.8 Å². The third-order valence-electron chi connectivity index (χ3n) is 4.59. The van der Waals surface area contributed by atoms with Crippen molar-refractivity contribution in [2.75, 3.05) is 21.3 Å². The Morgan fingerprint density at radius 1 is 0.968 bits per heavy atom. The van der Waals surface area contributed by atoms with E-state index in [1.165, 1.54) is 45.6 Å². The van der Waals surface area contributed by atoms with Gasteiger partial charge in [0, 0.05) is 23.2 Å². The van der Waals surface area contributed by atoms with Gasteiger partial charge in [0.05, 0.1) is 26.2 Å². The first-order valence-electron chi connectivity index (χ1n) is 9.47. The minimum Gasteiger partial charge on any atom is -0.496 e. The van der Waals surface area contributed by atoms with Crippen molar-refractivity contribution in [1.29, 1.82) is 0 Å². The smallest absolute Gasteiger partial charge is 0.241 e. The fraction of sp³-hybridized carbons (Fsp3) is 0.381. The molecule has 2 N–H and O–H groups in total. The second-order valence-corrected chi connectivity index (χ2v) is 9.18. The van der Waals surface area contributed by atoms with Gasteiger partial charge in [-0.05, 0) is 36.2 Å². The number of nitrogens with one attached hydrogen (secondary N) is 2. The molecule has 170 valence electrons. The van der Waals surface area contributed by atoms with Crippen LogP contribution in [0.15, 0.2) is 41.3 Å². The molecule has 31 heavy (non-hydrogen) atoms. The SMILES string of the molecule is COc1cc(OC)c(OC)cc1CNC(=O)[C@@H](NS(=O)(=O)c1ccc(Cl)cc1)C(C)C. The minimum atomic E-state index is -3.91. The number of methoxy groups -OCH3 is 3. The molecule has 0 radical (unpaired) electrons. The molecule has 0 spiro atoms. The maximum absolute atomic E-state index is 12.8. The molecule has 2 rings (SSSR count). The summed E-state index contributed by atoms with van der Waals surface area (Å²) in [6, 6.07) is 8.09. The van der Waals surface area contributed by atoms with Gasteiger partial charge < -0.3 is 19.5 Å². The van der Waals surface area contributed by atoms with Gasteiger partial charge in [-0.3, -0.25) is 4.79 Å². The van der Waals surface area contributed by atoms with E-state index in [0.29, 0.717) is 27.8 Å².